The minimum absolute atomic E-state index is 0.0687. The Kier molecular flexibility index (Phi) is 7.68. The quantitative estimate of drug-likeness (QED) is 0.566. The number of aliphatic hydroxyl groups excluding tert-OH is 1. The van der Waals surface area contributed by atoms with Crippen LogP contribution in [0, 0.1) is 32.6 Å². The van der Waals surface area contributed by atoms with Gasteiger partial charge in [-0.25, -0.2) is 13.1 Å². The van der Waals surface area contributed by atoms with Gasteiger partial charge < -0.3 is 5.11 Å². The zero-order valence-electron chi connectivity index (χ0n) is 17.6. The number of sulfonamides is 1. The minimum Gasteiger partial charge on any atom is -0.388 e. The van der Waals surface area contributed by atoms with Crippen molar-refractivity contribution in [1.29, 1.82) is 0 Å². The van der Waals surface area contributed by atoms with E-state index in [2.05, 4.69) is 11.3 Å². The van der Waals surface area contributed by atoms with Crippen molar-refractivity contribution in [2.45, 2.75) is 51.7 Å². The smallest absolute Gasteiger partial charge is 0.241 e. The van der Waals surface area contributed by atoms with Crippen LogP contribution < -0.4 is 4.72 Å². The summed E-state index contributed by atoms with van der Waals surface area (Å²) in [5.74, 6) is -0.585. The van der Waals surface area contributed by atoms with Gasteiger partial charge in [-0.15, -0.1) is 6.58 Å². The van der Waals surface area contributed by atoms with Crippen LogP contribution >= 0.6 is 11.6 Å². The topological polar surface area (TPSA) is 66.4 Å². The normalized spacial score (nSPS) is 15.2. The molecule has 0 spiro atoms. The summed E-state index contributed by atoms with van der Waals surface area (Å²) in [7, 11) is -3.79. The van der Waals surface area contributed by atoms with E-state index in [0.29, 0.717) is 21.7 Å². The Hall–Kier alpha value is -1.66. The molecule has 0 aromatic heterocycles. The van der Waals surface area contributed by atoms with Crippen molar-refractivity contribution in [3.63, 3.8) is 0 Å². The SMILES string of the molecule is C=C[C@@H]([C@H](O)c1ccc(Cl)cc1)[C@@H](NS(=O)(=O)c1c(C)cc(C)cc1C)C(C)C. The maximum atomic E-state index is 13.3. The van der Waals surface area contributed by atoms with Crippen LogP contribution in [0.5, 0.6) is 0 Å². The number of aryl methyl sites for hydroxylation is 3. The van der Waals surface area contributed by atoms with Crippen molar-refractivity contribution in [3.05, 3.63) is 76.3 Å². The average Bonchev–Trinajstić information content (AvgIpc) is 2.60. The lowest BCUT2D eigenvalue weighted by Gasteiger charge is -2.32. The number of hydrogen-bond acceptors (Lipinski definition) is 3. The zero-order chi connectivity index (χ0) is 21.9. The van der Waals surface area contributed by atoms with Gasteiger partial charge in [-0.3, -0.25) is 0 Å². The van der Waals surface area contributed by atoms with Crippen LogP contribution in [0.1, 0.15) is 42.2 Å². The number of nitrogens with one attached hydrogen (secondary N) is 1. The standard InChI is InChI=1S/C23H30ClNO3S/c1-7-20(22(26)18-8-10-19(24)11-9-18)21(14(2)3)25-29(27,28)23-16(5)12-15(4)13-17(23)6/h7-14,20-22,25-26H,1H2,2-6H3/t20-,21+,22-/m1/s1. The van der Waals surface area contributed by atoms with Crippen LogP contribution in [-0.2, 0) is 10.0 Å². The third-order valence-electron chi connectivity index (χ3n) is 5.15. The van der Waals surface area contributed by atoms with Crippen molar-refractivity contribution in [2.75, 3.05) is 0 Å². The molecule has 0 heterocycles. The Morgan fingerprint density at radius 2 is 1.59 bits per heavy atom. The third-order valence-corrected chi connectivity index (χ3v) is 7.16. The molecule has 158 valence electrons. The van der Waals surface area contributed by atoms with Gasteiger partial charge in [-0.2, -0.15) is 0 Å². The summed E-state index contributed by atoms with van der Waals surface area (Å²) in [6, 6.07) is 10.1. The first-order chi connectivity index (χ1) is 13.5. The van der Waals surface area contributed by atoms with Crippen LogP contribution in [-0.4, -0.2) is 19.6 Å². The maximum Gasteiger partial charge on any atom is 0.241 e. The molecule has 2 aromatic carbocycles. The molecule has 2 aromatic rings. The Morgan fingerprint density at radius 3 is 2.03 bits per heavy atom. The fourth-order valence-corrected chi connectivity index (χ4v) is 5.84. The minimum atomic E-state index is -3.79. The number of aliphatic hydroxyl groups is 1. The highest BCUT2D eigenvalue weighted by Crippen LogP contribution is 2.31. The van der Waals surface area contributed by atoms with Gasteiger partial charge in [0, 0.05) is 17.0 Å². The van der Waals surface area contributed by atoms with E-state index in [-0.39, 0.29) is 10.8 Å². The first-order valence-corrected chi connectivity index (χ1v) is 11.5. The third kappa shape index (κ3) is 5.48. The summed E-state index contributed by atoms with van der Waals surface area (Å²) in [6.07, 6.45) is 0.696. The van der Waals surface area contributed by atoms with Crippen molar-refractivity contribution in [1.82, 2.24) is 4.72 Å². The van der Waals surface area contributed by atoms with Crippen molar-refractivity contribution in [3.8, 4) is 0 Å². The van der Waals surface area contributed by atoms with Crippen LogP contribution in [0.3, 0.4) is 0 Å². The van der Waals surface area contributed by atoms with Crippen molar-refractivity contribution in [2.24, 2.45) is 11.8 Å². The number of hydrogen-bond donors (Lipinski definition) is 2. The first kappa shape index (κ1) is 23.6. The average molecular weight is 436 g/mol. The molecule has 0 aliphatic carbocycles. The van der Waals surface area contributed by atoms with E-state index in [1.165, 1.54) is 0 Å². The van der Waals surface area contributed by atoms with E-state index in [4.69, 9.17) is 11.6 Å². The van der Waals surface area contributed by atoms with Crippen molar-refractivity contribution < 1.29 is 13.5 Å². The fourth-order valence-electron chi connectivity index (χ4n) is 3.84. The Morgan fingerprint density at radius 1 is 1.07 bits per heavy atom. The molecule has 0 aliphatic rings. The lowest BCUT2D eigenvalue weighted by atomic mass is 9.84. The van der Waals surface area contributed by atoms with E-state index in [0.717, 1.165) is 5.56 Å². The molecule has 0 saturated carbocycles. The first-order valence-electron chi connectivity index (χ1n) is 9.64. The van der Waals surface area contributed by atoms with Gasteiger partial charge in [0.1, 0.15) is 0 Å². The number of rotatable bonds is 8. The van der Waals surface area contributed by atoms with Gasteiger partial charge in [0.15, 0.2) is 0 Å². The highest BCUT2D eigenvalue weighted by Gasteiger charge is 2.34. The molecule has 0 aliphatic heterocycles. The predicted molar refractivity (Wildman–Crippen MR) is 120 cm³/mol. The van der Waals surface area contributed by atoms with E-state index in [1.54, 1.807) is 44.2 Å². The zero-order valence-corrected chi connectivity index (χ0v) is 19.2. The number of halogens is 1. The summed E-state index contributed by atoms with van der Waals surface area (Å²) >= 11 is 5.95. The van der Waals surface area contributed by atoms with Crippen LogP contribution in [0.25, 0.3) is 0 Å². The Bertz CT molecular complexity index is 945. The maximum absolute atomic E-state index is 13.3. The van der Waals surface area contributed by atoms with E-state index in [9.17, 15) is 13.5 Å². The lowest BCUT2D eigenvalue weighted by Crippen LogP contribution is -2.45. The van der Waals surface area contributed by atoms with Crippen LogP contribution in [0.4, 0.5) is 0 Å². The van der Waals surface area contributed by atoms with Gasteiger partial charge in [-0.05, 0) is 55.5 Å². The molecule has 3 atom stereocenters. The molecule has 2 N–H and O–H groups in total. The van der Waals surface area contributed by atoms with Crippen LogP contribution in [0.15, 0.2) is 53.9 Å². The fraction of sp³-hybridized carbons (Fsp3) is 0.391. The summed E-state index contributed by atoms with van der Waals surface area (Å²) in [5.41, 5.74) is 3.07. The molecule has 6 heteroatoms. The Balaban J connectivity index is 2.42. The molecule has 0 radical (unpaired) electrons. The summed E-state index contributed by atoms with van der Waals surface area (Å²) in [5, 5.41) is 11.5. The molecule has 2 rings (SSSR count). The van der Waals surface area contributed by atoms with Gasteiger partial charge in [0.05, 0.1) is 11.0 Å². The molecule has 4 nitrogen and oxygen atoms in total. The molecule has 0 bridgehead atoms. The second kappa shape index (κ2) is 9.43. The summed E-state index contributed by atoms with van der Waals surface area (Å²) in [4.78, 5) is 0.289. The predicted octanol–water partition coefficient (Wildman–Crippen LogP) is 5.10. The summed E-state index contributed by atoms with van der Waals surface area (Å²) < 4.78 is 29.4. The number of benzene rings is 2. The van der Waals surface area contributed by atoms with E-state index in [1.807, 2.05) is 32.9 Å². The van der Waals surface area contributed by atoms with Crippen molar-refractivity contribution >= 4 is 21.6 Å². The molecule has 0 unspecified atom stereocenters. The largest absolute Gasteiger partial charge is 0.388 e. The van der Waals surface area contributed by atoms with E-state index < -0.39 is 28.1 Å². The van der Waals surface area contributed by atoms with E-state index >= 15 is 0 Å². The lowest BCUT2D eigenvalue weighted by molar-refractivity contribution is 0.104. The molecular formula is C23H30ClNO3S. The second-order valence-electron chi connectivity index (χ2n) is 7.93. The monoisotopic (exact) mass is 435 g/mol. The second-order valence-corrected chi connectivity index (χ2v) is 10.0. The molecular weight excluding hydrogens is 406 g/mol. The molecule has 0 fully saturated rings. The highest BCUT2D eigenvalue weighted by atomic mass is 35.5. The van der Waals surface area contributed by atoms with Crippen LogP contribution in [0.2, 0.25) is 5.02 Å². The summed E-state index contributed by atoms with van der Waals surface area (Å²) in [6.45, 7) is 13.2. The van der Waals surface area contributed by atoms with Gasteiger partial charge in [-0.1, -0.05) is 61.4 Å². The van der Waals surface area contributed by atoms with Gasteiger partial charge in [0.25, 0.3) is 0 Å². The van der Waals surface area contributed by atoms with Gasteiger partial charge >= 0.3 is 0 Å². The Labute approximate surface area is 179 Å². The molecule has 0 saturated heterocycles. The highest BCUT2D eigenvalue weighted by molar-refractivity contribution is 7.89. The molecule has 0 amide bonds. The van der Waals surface area contributed by atoms with Gasteiger partial charge in [0.2, 0.25) is 10.0 Å². The molecule has 29 heavy (non-hydrogen) atoms.